The average Bonchev–Trinajstić information content (AvgIpc) is 3.05. The number of amides is 1. The molecular weight excluding hydrogens is 296 g/mol. The smallest absolute Gasteiger partial charge is 0.237 e. The molecule has 0 aliphatic carbocycles. The van der Waals surface area contributed by atoms with E-state index in [1.807, 2.05) is 12.3 Å². The Balaban J connectivity index is 1.94. The highest BCUT2D eigenvalue weighted by molar-refractivity contribution is 7.89. The summed E-state index contributed by atoms with van der Waals surface area (Å²) in [5.74, 6) is 0.211. The summed E-state index contributed by atoms with van der Waals surface area (Å²) in [4.78, 5) is 13.9. The van der Waals surface area contributed by atoms with Crippen molar-refractivity contribution in [3.63, 3.8) is 0 Å². The van der Waals surface area contributed by atoms with Gasteiger partial charge in [0.25, 0.3) is 0 Å². The van der Waals surface area contributed by atoms with Gasteiger partial charge in [0.1, 0.15) is 0 Å². The van der Waals surface area contributed by atoms with Gasteiger partial charge in [0.05, 0.1) is 12.3 Å². The van der Waals surface area contributed by atoms with Crippen LogP contribution < -0.4 is 4.72 Å². The van der Waals surface area contributed by atoms with Crippen molar-refractivity contribution >= 4 is 27.3 Å². The molecule has 1 N–H and O–H groups in total. The third-order valence-corrected chi connectivity index (χ3v) is 5.78. The Bertz CT molecular complexity index is 554. The first kappa shape index (κ1) is 15.5. The van der Waals surface area contributed by atoms with Gasteiger partial charge >= 0.3 is 0 Å². The normalized spacial score (nSPS) is 23.2. The highest BCUT2D eigenvalue weighted by atomic mass is 32.2. The number of hydrogen-bond acceptors (Lipinski definition) is 4. The lowest BCUT2D eigenvalue weighted by molar-refractivity contribution is -0.130. The molecule has 0 spiro atoms. The fraction of sp³-hybridized carbons (Fsp3) is 0.615. The van der Waals surface area contributed by atoms with Crippen LogP contribution in [0.25, 0.3) is 0 Å². The van der Waals surface area contributed by atoms with Crippen molar-refractivity contribution in [3.8, 4) is 0 Å². The second kappa shape index (κ2) is 6.24. The van der Waals surface area contributed by atoms with Crippen molar-refractivity contribution in [1.82, 2.24) is 9.62 Å². The largest absolute Gasteiger partial charge is 0.338 e. The summed E-state index contributed by atoms with van der Waals surface area (Å²) < 4.78 is 25.1. The number of nitrogens with one attached hydrogen (secondary N) is 1. The lowest BCUT2D eigenvalue weighted by atomic mass is 10.00. The molecule has 1 aliphatic heterocycles. The molecule has 1 fully saturated rings. The SMILES string of the molecule is CCS(=O)(=O)NCC(=O)N1C[C@H](c2ccsc2)C[C@@H]1C. The summed E-state index contributed by atoms with van der Waals surface area (Å²) in [5.41, 5.74) is 1.27. The van der Waals surface area contributed by atoms with E-state index in [4.69, 9.17) is 0 Å². The number of nitrogens with zero attached hydrogens (tertiary/aromatic N) is 1. The Hall–Kier alpha value is -0.920. The minimum atomic E-state index is -3.31. The molecule has 0 unspecified atom stereocenters. The van der Waals surface area contributed by atoms with Crippen LogP contribution in [0.3, 0.4) is 0 Å². The number of rotatable bonds is 5. The number of hydrogen-bond donors (Lipinski definition) is 1. The third kappa shape index (κ3) is 3.59. The Labute approximate surface area is 124 Å². The van der Waals surface area contributed by atoms with E-state index in [0.29, 0.717) is 12.5 Å². The van der Waals surface area contributed by atoms with E-state index >= 15 is 0 Å². The molecule has 1 saturated heterocycles. The van der Waals surface area contributed by atoms with Gasteiger partial charge in [-0.2, -0.15) is 11.3 Å². The van der Waals surface area contributed by atoms with Gasteiger partial charge < -0.3 is 4.90 Å². The number of thiophene rings is 1. The zero-order valence-corrected chi connectivity index (χ0v) is 13.3. The van der Waals surface area contributed by atoms with Crippen molar-refractivity contribution in [3.05, 3.63) is 22.4 Å². The fourth-order valence-electron chi connectivity index (χ4n) is 2.50. The van der Waals surface area contributed by atoms with E-state index in [-0.39, 0.29) is 24.2 Å². The molecule has 2 rings (SSSR count). The maximum atomic E-state index is 12.1. The summed E-state index contributed by atoms with van der Waals surface area (Å²) in [6.07, 6.45) is 0.934. The molecule has 1 amide bonds. The first-order valence-electron chi connectivity index (χ1n) is 6.72. The quantitative estimate of drug-likeness (QED) is 0.893. The van der Waals surface area contributed by atoms with Crippen LogP contribution in [0.2, 0.25) is 0 Å². The topological polar surface area (TPSA) is 66.5 Å². The first-order valence-corrected chi connectivity index (χ1v) is 9.31. The molecule has 0 radical (unpaired) electrons. The van der Waals surface area contributed by atoms with Gasteiger partial charge in [-0.1, -0.05) is 0 Å². The summed E-state index contributed by atoms with van der Waals surface area (Å²) in [6.45, 7) is 4.10. The number of sulfonamides is 1. The van der Waals surface area contributed by atoms with E-state index in [1.165, 1.54) is 5.56 Å². The summed E-state index contributed by atoms with van der Waals surface area (Å²) in [5, 5.41) is 4.16. The van der Waals surface area contributed by atoms with Gasteiger partial charge in [0, 0.05) is 18.5 Å². The third-order valence-electron chi connectivity index (χ3n) is 3.73. The molecule has 5 nitrogen and oxygen atoms in total. The Morgan fingerprint density at radius 1 is 1.55 bits per heavy atom. The predicted molar refractivity (Wildman–Crippen MR) is 80.3 cm³/mol. The minimum absolute atomic E-state index is 0.00658. The van der Waals surface area contributed by atoms with Crippen molar-refractivity contribution < 1.29 is 13.2 Å². The predicted octanol–water partition coefficient (Wildman–Crippen LogP) is 1.39. The molecule has 0 aromatic carbocycles. The second-order valence-electron chi connectivity index (χ2n) is 5.11. The molecule has 1 aromatic heterocycles. The average molecular weight is 316 g/mol. The summed E-state index contributed by atoms with van der Waals surface area (Å²) in [6, 6.07) is 2.24. The fourth-order valence-corrected chi connectivity index (χ4v) is 3.79. The lowest BCUT2D eigenvalue weighted by Crippen LogP contribution is -2.42. The van der Waals surface area contributed by atoms with Gasteiger partial charge in [0.2, 0.25) is 15.9 Å². The summed E-state index contributed by atoms with van der Waals surface area (Å²) in [7, 11) is -3.31. The Kier molecular flexibility index (Phi) is 4.82. The van der Waals surface area contributed by atoms with Crippen LogP contribution in [0, 0.1) is 0 Å². The van der Waals surface area contributed by atoms with Crippen molar-refractivity contribution in [2.75, 3.05) is 18.8 Å². The number of carbonyl (C=O) groups is 1. The van der Waals surface area contributed by atoms with E-state index in [9.17, 15) is 13.2 Å². The maximum absolute atomic E-state index is 12.1. The van der Waals surface area contributed by atoms with Gasteiger partial charge in [-0.3, -0.25) is 4.79 Å². The van der Waals surface area contributed by atoms with Crippen LogP contribution in [0.1, 0.15) is 31.7 Å². The second-order valence-corrected chi connectivity index (χ2v) is 7.98. The molecular formula is C13H20N2O3S2. The van der Waals surface area contributed by atoms with Crippen LogP contribution in [0.5, 0.6) is 0 Å². The molecule has 1 aliphatic rings. The van der Waals surface area contributed by atoms with Crippen molar-refractivity contribution in [2.45, 2.75) is 32.2 Å². The lowest BCUT2D eigenvalue weighted by Gasteiger charge is -2.21. The standard InChI is InChI=1S/C13H20N2O3S2/c1-3-20(17,18)14-7-13(16)15-8-12(6-10(15)2)11-4-5-19-9-11/h4-5,9-10,12,14H,3,6-8H2,1-2H3/t10-,12+/m0/s1. The zero-order chi connectivity index (χ0) is 14.8. The molecule has 7 heteroatoms. The molecule has 2 atom stereocenters. The minimum Gasteiger partial charge on any atom is -0.338 e. The maximum Gasteiger partial charge on any atom is 0.237 e. The van der Waals surface area contributed by atoms with E-state index in [2.05, 4.69) is 16.2 Å². The van der Waals surface area contributed by atoms with Crippen LogP contribution in [-0.2, 0) is 14.8 Å². The van der Waals surface area contributed by atoms with Crippen LogP contribution in [0.15, 0.2) is 16.8 Å². The van der Waals surface area contributed by atoms with Gasteiger partial charge in [0.15, 0.2) is 0 Å². The molecule has 112 valence electrons. The monoisotopic (exact) mass is 316 g/mol. The molecule has 0 saturated carbocycles. The van der Waals surface area contributed by atoms with Crippen molar-refractivity contribution in [1.29, 1.82) is 0 Å². The van der Waals surface area contributed by atoms with Crippen LogP contribution >= 0.6 is 11.3 Å². The number of carbonyl (C=O) groups excluding carboxylic acids is 1. The Morgan fingerprint density at radius 3 is 2.90 bits per heavy atom. The highest BCUT2D eigenvalue weighted by Crippen LogP contribution is 2.32. The number of likely N-dealkylation sites (tertiary alicyclic amines) is 1. The summed E-state index contributed by atoms with van der Waals surface area (Å²) >= 11 is 1.66. The first-order chi connectivity index (χ1) is 9.43. The van der Waals surface area contributed by atoms with Crippen molar-refractivity contribution in [2.24, 2.45) is 0 Å². The molecule has 2 heterocycles. The van der Waals surface area contributed by atoms with Crippen LogP contribution in [-0.4, -0.2) is 44.1 Å². The van der Waals surface area contributed by atoms with E-state index in [1.54, 1.807) is 23.2 Å². The van der Waals surface area contributed by atoms with E-state index < -0.39 is 10.0 Å². The Morgan fingerprint density at radius 2 is 2.30 bits per heavy atom. The van der Waals surface area contributed by atoms with Gasteiger partial charge in [-0.05, 0) is 42.7 Å². The molecule has 1 aromatic rings. The van der Waals surface area contributed by atoms with Gasteiger partial charge in [-0.25, -0.2) is 13.1 Å². The molecule has 20 heavy (non-hydrogen) atoms. The molecule has 0 bridgehead atoms. The van der Waals surface area contributed by atoms with Gasteiger partial charge in [-0.15, -0.1) is 0 Å². The highest BCUT2D eigenvalue weighted by Gasteiger charge is 2.33. The van der Waals surface area contributed by atoms with E-state index in [0.717, 1.165) is 6.42 Å². The zero-order valence-electron chi connectivity index (χ0n) is 11.7. The van der Waals surface area contributed by atoms with Crippen LogP contribution in [0.4, 0.5) is 0 Å².